The Bertz CT molecular complexity index is 1410. The van der Waals surface area contributed by atoms with Crippen molar-refractivity contribution < 1.29 is 0 Å². The van der Waals surface area contributed by atoms with Gasteiger partial charge in [0.1, 0.15) is 24.1 Å². The fourth-order valence-electron chi connectivity index (χ4n) is 4.68. The fraction of sp³-hybridized carbons (Fsp3) is 0.250. The predicted octanol–water partition coefficient (Wildman–Crippen LogP) is 3.55. The maximum Gasteiger partial charge on any atom is 0.141 e. The Morgan fingerprint density at radius 2 is 1.94 bits per heavy atom. The second-order valence-corrected chi connectivity index (χ2v) is 8.02. The monoisotopic (exact) mass is 433 g/mol. The number of hydrogen-bond acceptors (Lipinski definition) is 7. The lowest BCUT2D eigenvalue weighted by Gasteiger charge is -2.24. The molecule has 1 aromatic carbocycles. The van der Waals surface area contributed by atoms with Gasteiger partial charge in [0.15, 0.2) is 0 Å². The van der Waals surface area contributed by atoms with E-state index in [2.05, 4.69) is 43.2 Å². The zero-order chi connectivity index (χ0) is 22.8. The molecule has 4 aromatic rings. The first-order valence-corrected chi connectivity index (χ1v) is 10.6. The predicted molar refractivity (Wildman–Crippen MR) is 121 cm³/mol. The van der Waals surface area contributed by atoms with Crippen LogP contribution in [-0.2, 0) is 0 Å². The van der Waals surface area contributed by atoms with Crippen LogP contribution in [0.15, 0.2) is 49.2 Å². The molecule has 1 fully saturated rings. The highest BCUT2D eigenvalue weighted by Gasteiger charge is 2.33. The van der Waals surface area contributed by atoms with Crippen molar-refractivity contribution >= 4 is 16.7 Å². The molecular formula is C24H19N9. The average Bonchev–Trinajstić information content (AvgIpc) is 3.62. The molecule has 0 bridgehead atoms. The van der Waals surface area contributed by atoms with Gasteiger partial charge in [0.05, 0.1) is 47.2 Å². The lowest BCUT2D eigenvalue weighted by molar-refractivity contribution is 0.332. The second kappa shape index (κ2) is 8.45. The number of rotatable bonds is 5. The quantitative estimate of drug-likeness (QED) is 0.508. The van der Waals surface area contributed by atoms with Gasteiger partial charge in [-0.1, -0.05) is 6.07 Å². The standard InChI is InChI=1S/C24H19N9/c25-7-4-21(18-6-9-32(13-18)23-16(10-26)2-1-3-17(23)11-27)33-14-19(12-31-33)22-20-5-8-28-24(20)30-15-29-22/h1-3,5,8,12,14-15,18,21H,4,6,9,13H2,(H,28,29,30)/t18-,21-/m0/s1. The highest BCUT2D eigenvalue weighted by molar-refractivity contribution is 5.90. The van der Waals surface area contributed by atoms with Crippen LogP contribution in [-0.4, -0.2) is 37.8 Å². The van der Waals surface area contributed by atoms with Crippen molar-refractivity contribution in [1.82, 2.24) is 24.7 Å². The highest BCUT2D eigenvalue weighted by atomic mass is 15.3. The molecule has 0 amide bonds. The average molecular weight is 433 g/mol. The molecule has 9 heteroatoms. The summed E-state index contributed by atoms with van der Waals surface area (Å²) in [6.45, 7) is 1.36. The minimum absolute atomic E-state index is 0.128. The molecular weight excluding hydrogens is 414 g/mol. The van der Waals surface area contributed by atoms with Crippen LogP contribution in [0, 0.1) is 39.9 Å². The van der Waals surface area contributed by atoms with Crippen LogP contribution >= 0.6 is 0 Å². The van der Waals surface area contributed by atoms with Gasteiger partial charge in [-0.2, -0.15) is 20.9 Å². The maximum absolute atomic E-state index is 9.55. The van der Waals surface area contributed by atoms with Crippen LogP contribution < -0.4 is 4.90 Å². The molecule has 3 aromatic heterocycles. The van der Waals surface area contributed by atoms with Gasteiger partial charge in [0.2, 0.25) is 0 Å². The van der Waals surface area contributed by atoms with Crippen molar-refractivity contribution in [3.63, 3.8) is 0 Å². The lowest BCUT2D eigenvalue weighted by atomic mass is 9.96. The third-order valence-electron chi connectivity index (χ3n) is 6.23. The SMILES string of the molecule is N#CC[C@@H]([C@H]1CCN(c2c(C#N)cccc2C#N)C1)n1cc(-c2ncnc3[nH]ccc23)cn1. The molecule has 1 aliphatic heterocycles. The van der Waals surface area contributed by atoms with Gasteiger partial charge >= 0.3 is 0 Å². The van der Waals surface area contributed by atoms with Crippen LogP contribution in [0.3, 0.4) is 0 Å². The van der Waals surface area contributed by atoms with Crippen molar-refractivity contribution in [1.29, 1.82) is 15.8 Å². The number of aromatic amines is 1. The van der Waals surface area contributed by atoms with Crippen LogP contribution in [0.2, 0.25) is 0 Å². The first-order chi connectivity index (χ1) is 16.2. The number of fused-ring (bicyclic) bond motifs is 1. The van der Waals surface area contributed by atoms with Crippen molar-refractivity contribution in [2.45, 2.75) is 18.9 Å². The zero-order valence-electron chi connectivity index (χ0n) is 17.7. The number of aromatic nitrogens is 5. The Balaban J connectivity index is 1.44. The van der Waals surface area contributed by atoms with E-state index in [0.717, 1.165) is 28.7 Å². The molecule has 33 heavy (non-hydrogen) atoms. The molecule has 0 spiro atoms. The molecule has 0 saturated carbocycles. The zero-order valence-corrected chi connectivity index (χ0v) is 17.7. The molecule has 5 rings (SSSR count). The molecule has 0 aliphatic carbocycles. The lowest BCUT2D eigenvalue weighted by Crippen LogP contribution is -2.26. The smallest absolute Gasteiger partial charge is 0.141 e. The molecule has 0 radical (unpaired) electrons. The van der Waals surface area contributed by atoms with E-state index in [1.54, 1.807) is 24.4 Å². The summed E-state index contributed by atoms with van der Waals surface area (Å²) in [7, 11) is 0. The second-order valence-electron chi connectivity index (χ2n) is 8.02. The molecule has 1 N–H and O–H groups in total. The van der Waals surface area contributed by atoms with Crippen molar-refractivity contribution in [2.75, 3.05) is 18.0 Å². The van der Waals surface area contributed by atoms with Gasteiger partial charge in [0, 0.05) is 42.4 Å². The summed E-state index contributed by atoms with van der Waals surface area (Å²) >= 11 is 0. The number of anilines is 1. The minimum atomic E-state index is -0.128. The maximum atomic E-state index is 9.55. The van der Waals surface area contributed by atoms with Crippen molar-refractivity contribution in [3.05, 3.63) is 60.3 Å². The number of nitrogens with one attached hydrogen (secondary N) is 1. The summed E-state index contributed by atoms with van der Waals surface area (Å²) in [6, 6.07) is 13.7. The minimum Gasteiger partial charge on any atom is -0.369 e. The molecule has 1 saturated heterocycles. The summed E-state index contributed by atoms with van der Waals surface area (Å²) in [6.07, 6.45) is 8.20. The van der Waals surface area contributed by atoms with Crippen LogP contribution in [0.1, 0.15) is 30.0 Å². The van der Waals surface area contributed by atoms with Gasteiger partial charge in [-0.25, -0.2) is 9.97 Å². The summed E-state index contributed by atoms with van der Waals surface area (Å²) in [5, 5.41) is 34.1. The Labute approximate surface area is 190 Å². The van der Waals surface area contributed by atoms with E-state index in [1.807, 2.05) is 23.1 Å². The van der Waals surface area contributed by atoms with E-state index in [0.29, 0.717) is 36.3 Å². The molecule has 1 aliphatic rings. The van der Waals surface area contributed by atoms with Crippen molar-refractivity contribution in [2.24, 2.45) is 5.92 Å². The molecule has 160 valence electrons. The topological polar surface area (TPSA) is 134 Å². The Kier molecular flexibility index (Phi) is 5.18. The Hall–Kier alpha value is -4.68. The van der Waals surface area contributed by atoms with E-state index in [9.17, 15) is 15.8 Å². The first kappa shape index (κ1) is 20.2. The van der Waals surface area contributed by atoms with E-state index in [1.165, 1.54) is 6.33 Å². The molecule has 0 unspecified atom stereocenters. The molecule has 2 atom stereocenters. The summed E-state index contributed by atoms with van der Waals surface area (Å²) < 4.78 is 1.86. The van der Waals surface area contributed by atoms with Gasteiger partial charge in [-0.05, 0) is 24.6 Å². The van der Waals surface area contributed by atoms with E-state index < -0.39 is 0 Å². The van der Waals surface area contributed by atoms with Crippen LogP contribution in [0.25, 0.3) is 22.3 Å². The first-order valence-electron chi connectivity index (χ1n) is 10.6. The molecule has 4 heterocycles. The third kappa shape index (κ3) is 3.54. The normalized spacial score (nSPS) is 16.3. The number of H-pyrrole nitrogens is 1. The van der Waals surface area contributed by atoms with Crippen molar-refractivity contribution in [3.8, 4) is 29.5 Å². The van der Waals surface area contributed by atoms with E-state index >= 15 is 0 Å². The summed E-state index contributed by atoms with van der Waals surface area (Å²) in [5.41, 5.74) is 4.08. The fourth-order valence-corrected chi connectivity index (χ4v) is 4.68. The highest BCUT2D eigenvalue weighted by Crippen LogP contribution is 2.36. The molecule has 9 nitrogen and oxygen atoms in total. The van der Waals surface area contributed by atoms with Gasteiger partial charge in [-0.3, -0.25) is 4.68 Å². The van der Waals surface area contributed by atoms with Gasteiger partial charge in [-0.15, -0.1) is 0 Å². The number of benzene rings is 1. The van der Waals surface area contributed by atoms with Crippen LogP contribution in [0.5, 0.6) is 0 Å². The largest absolute Gasteiger partial charge is 0.369 e. The van der Waals surface area contributed by atoms with E-state index in [-0.39, 0.29) is 12.0 Å². The number of para-hydroxylation sites is 1. The van der Waals surface area contributed by atoms with E-state index in [4.69, 9.17) is 0 Å². The number of nitriles is 3. The van der Waals surface area contributed by atoms with Crippen LogP contribution in [0.4, 0.5) is 5.69 Å². The van der Waals surface area contributed by atoms with Gasteiger partial charge < -0.3 is 9.88 Å². The Morgan fingerprint density at radius 3 is 2.70 bits per heavy atom. The number of hydrogen-bond donors (Lipinski definition) is 1. The Morgan fingerprint density at radius 1 is 1.12 bits per heavy atom. The third-order valence-corrected chi connectivity index (χ3v) is 6.23. The number of nitrogens with zero attached hydrogens (tertiary/aromatic N) is 8. The summed E-state index contributed by atoms with van der Waals surface area (Å²) in [4.78, 5) is 13.9. The summed E-state index contributed by atoms with van der Waals surface area (Å²) in [5.74, 6) is 0.147. The van der Waals surface area contributed by atoms with Gasteiger partial charge in [0.25, 0.3) is 0 Å².